The van der Waals surface area contributed by atoms with Gasteiger partial charge in [0.1, 0.15) is 0 Å². The molecule has 4 nitrogen and oxygen atoms in total. The highest BCUT2D eigenvalue weighted by Crippen LogP contribution is 2.49. The van der Waals surface area contributed by atoms with Crippen LogP contribution in [0.3, 0.4) is 0 Å². The molecule has 10 aromatic rings. The first-order valence-electron chi connectivity index (χ1n) is 20.6. The predicted molar refractivity (Wildman–Crippen MR) is 252 cm³/mol. The number of para-hydroxylation sites is 3. The number of thiophene rings is 1. The minimum absolute atomic E-state index is 0.00927. The number of rotatable bonds is 2. The Morgan fingerprint density at radius 3 is 2.02 bits per heavy atom. The normalized spacial score (nSPS) is 13.5. The highest BCUT2D eigenvalue weighted by Gasteiger charge is 2.45. The fourth-order valence-electron chi connectivity index (χ4n) is 10.2. The second-order valence-electron chi connectivity index (χ2n) is 18.5. The number of hydrogen-bond acceptors (Lipinski definition) is 3. The van der Waals surface area contributed by atoms with Crippen molar-refractivity contribution in [3.8, 4) is 17.4 Å². The Labute approximate surface area is 348 Å². The average molecular weight is 777 g/mol. The van der Waals surface area contributed by atoms with Gasteiger partial charge in [-0.15, -0.1) is 11.3 Å². The van der Waals surface area contributed by atoms with Gasteiger partial charge < -0.3 is 14.0 Å². The number of hydrogen-bond donors (Lipinski definition) is 0. The summed E-state index contributed by atoms with van der Waals surface area (Å²) in [5, 5.41) is 17.1. The molecule has 0 amide bonds. The van der Waals surface area contributed by atoms with E-state index in [1.807, 2.05) is 11.3 Å². The molecule has 0 spiro atoms. The predicted octanol–water partition coefficient (Wildman–Crippen LogP) is 12.2. The van der Waals surface area contributed by atoms with Crippen LogP contribution in [-0.4, -0.2) is 15.8 Å². The lowest BCUT2D eigenvalue weighted by atomic mass is 9.36. The van der Waals surface area contributed by atoms with Gasteiger partial charge in [-0.1, -0.05) is 120 Å². The van der Waals surface area contributed by atoms with Crippen molar-refractivity contribution in [3.63, 3.8) is 0 Å². The van der Waals surface area contributed by atoms with Gasteiger partial charge in [-0.3, -0.25) is 0 Å². The lowest BCUT2D eigenvalue weighted by molar-refractivity contribution is 0.590. The van der Waals surface area contributed by atoms with Gasteiger partial charge in [0.2, 0.25) is 0 Å². The number of fused-ring (bicyclic) bond motifs is 13. The van der Waals surface area contributed by atoms with E-state index < -0.39 is 0 Å². The largest absolute Gasteiger partial charge is 0.310 e. The Morgan fingerprint density at radius 1 is 0.559 bits per heavy atom. The van der Waals surface area contributed by atoms with Crippen LogP contribution in [0.4, 0.5) is 17.1 Å². The van der Waals surface area contributed by atoms with Crippen LogP contribution in [0.15, 0.2) is 140 Å². The zero-order valence-corrected chi connectivity index (χ0v) is 34.9. The van der Waals surface area contributed by atoms with Crippen molar-refractivity contribution in [2.24, 2.45) is 0 Å². The Bertz CT molecular complexity index is 3470. The summed E-state index contributed by atoms with van der Waals surface area (Å²) in [7, 11) is 0. The lowest BCUT2D eigenvalue weighted by Gasteiger charge is -2.39. The average Bonchev–Trinajstić information content (AvgIpc) is 3.90. The van der Waals surface area contributed by atoms with Gasteiger partial charge in [0.05, 0.1) is 33.9 Å². The highest BCUT2D eigenvalue weighted by atomic mass is 32.1. The van der Waals surface area contributed by atoms with Crippen molar-refractivity contribution >= 4 is 105 Å². The molecule has 0 bridgehead atoms. The van der Waals surface area contributed by atoms with E-state index in [0.717, 1.165) is 22.7 Å². The molecule has 282 valence electrons. The van der Waals surface area contributed by atoms with Crippen LogP contribution in [0.5, 0.6) is 0 Å². The Balaban J connectivity index is 1.25. The molecule has 0 atom stereocenters. The van der Waals surface area contributed by atoms with E-state index in [1.165, 1.54) is 86.2 Å². The standard InChI is InChI=1S/C53H41BN4S/c1-52(2,3)32-19-22-35(23-20-32)57-43-27-31(30-55)28-44-47(43)54(51-50(57)39-29-33(53(4,5)6)21-26-45(39)59-51)40-17-12-16-36-37-24-25-42-46(49(37)58(44)48(36)40)38-15-10-11-18-41(38)56(42)34-13-8-7-9-14-34/h7-29H,1-6H3. The van der Waals surface area contributed by atoms with Gasteiger partial charge >= 0.3 is 0 Å². The van der Waals surface area contributed by atoms with Crippen LogP contribution in [0.1, 0.15) is 58.2 Å². The summed E-state index contributed by atoms with van der Waals surface area (Å²) in [5.74, 6) is 0. The fourth-order valence-corrected chi connectivity index (χ4v) is 11.5. The highest BCUT2D eigenvalue weighted by molar-refractivity contribution is 7.33. The molecule has 0 aliphatic carbocycles. The van der Waals surface area contributed by atoms with Gasteiger partial charge in [0, 0.05) is 64.7 Å². The van der Waals surface area contributed by atoms with Crippen molar-refractivity contribution < 1.29 is 0 Å². The van der Waals surface area contributed by atoms with Gasteiger partial charge in [-0.05, 0) is 93.5 Å². The molecule has 6 heteroatoms. The Morgan fingerprint density at radius 2 is 1.25 bits per heavy atom. The summed E-state index contributed by atoms with van der Waals surface area (Å²) in [4.78, 5) is 2.48. The summed E-state index contributed by atoms with van der Waals surface area (Å²) in [6.45, 7) is 13.7. The lowest BCUT2D eigenvalue weighted by Crippen LogP contribution is -2.59. The third-order valence-electron chi connectivity index (χ3n) is 13.0. The Kier molecular flexibility index (Phi) is 6.89. The number of benzene rings is 7. The molecule has 0 unspecified atom stereocenters. The van der Waals surface area contributed by atoms with Gasteiger partial charge in [-0.2, -0.15) is 5.26 Å². The second-order valence-corrected chi connectivity index (χ2v) is 19.6. The molecule has 0 fully saturated rings. The molecular weight excluding hydrogens is 735 g/mol. The maximum Gasteiger partial charge on any atom is 0.264 e. The van der Waals surface area contributed by atoms with Crippen LogP contribution in [0.2, 0.25) is 0 Å². The molecule has 0 radical (unpaired) electrons. The maximum atomic E-state index is 10.9. The minimum Gasteiger partial charge on any atom is -0.310 e. The van der Waals surface area contributed by atoms with E-state index in [9.17, 15) is 5.26 Å². The van der Waals surface area contributed by atoms with Crippen LogP contribution >= 0.6 is 11.3 Å². The summed E-state index contributed by atoms with van der Waals surface area (Å²) in [6.07, 6.45) is 0. The third kappa shape index (κ3) is 4.65. The first kappa shape index (κ1) is 34.5. The molecule has 2 aliphatic rings. The van der Waals surface area contributed by atoms with Gasteiger partial charge in [-0.25, -0.2) is 0 Å². The smallest absolute Gasteiger partial charge is 0.264 e. The SMILES string of the molecule is CC(C)(C)c1ccc(N2c3cc(C#N)cc4c3B(c3sc5ccc(C(C)(C)C)cc5c32)c2cccc3c5ccc6c(c7ccccc7n6-c6ccccc6)c5n-4c23)cc1. The fraction of sp³-hybridized carbons (Fsp3) is 0.151. The van der Waals surface area contributed by atoms with Crippen LogP contribution in [0.25, 0.3) is 65.1 Å². The number of aromatic nitrogens is 2. The summed E-state index contributed by atoms with van der Waals surface area (Å²) in [6, 6.07) is 54.2. The van der Waals surface area contributed by atoms with E-state index in [2.05, 4.69) is 201 Å². The van der Waals surface area contributed by atoms with E-state index in [1.54, 1.807) is 0 Å². The first-order valence-corrected chi connectivity index (χ1v) is 21.4. The van der Waals surface area contributed by atoms with Crippen molar-refractivity contribution in [2.75, 3.05) is 4.90 Å². The van der Waals surface area contributed by atoms with E-state index in [0.29, 0.717) is 5.56 Å². The molecular formula is C53H41BN4S. The first-order chi connectivity index (χ1) is 28.5. The van der Waals surface area contributed by atoms with Crippen molar-refractivity contribution in [3.05, 3.63) is 156 Å². The number of anilines is 3. The molecule has 59 heavy (non-hydrogen) atoms. The zero-order chi connectivity index (χ0) is 40.1. The topological polar surface area (TPSA) is 36.9 Å². The second kappa shape index (κ2) is 11.8. The molecule has 5 heterocycles. The van der Waals surface area contributed by atoms with Crippen LogP contribution in [-0.2, 0) is 10.8 Å². The molecule has 12 rings (SSSR count). The van der Waals surface area contributed by atoms with Crippen LogP contribution in [0, 0.1) is 11.3 Å². The molecule has 3 aromatic heterocycles. The monoisotopic (exact) mass is 776 g/mol. The quantitative estimate of drug-likeness (QED) is 0.164. The zero-order valence-electron chi connectivity index (χ0n) is 34.1. The molecule has 2 aliphatic heterocycles. The Hall–Kier alpha value is -6.55. The van der Waals surface area contributed by atoms with Gasteiger partial charge in [0.25, 0.3) is 6.71 Å². The number of nitriles is 1. The molecule has 0 N–H and O–H groups in total. The summed E-state index contributed by atoms with van der Waals surface area (Å²) >= 11 is 1.93. The molecule has 7 aromatic carbocycles. The van der Waals surface area contributed by atoms with E-state index in [4.69, 9.17) is 0 Å². The minimum atomic E-state index is -0.0117. The van der Waals surface area contributed by atoms with E-state index in [-0.39, 0.29) is 17.5 Å². The molecule has 0 saturated carbocycles. The number of nitrogens with zero attached hydrogens (tertiary/aromatic N) is 4. The van der Waals surface area contributed by atoms with E-state index >= 15 is 0 Å². The molecule has 0 saturated heterocycles. The van der Waals surface area contributed by atoms with Crippen LogP contribution < -0.4 is 20.6 Å². The van der Waals surface area contributed by atoms with Gasteiger partial charge in [0.15, 0.2) is 0 Å². The summed E-state index contributed by atoms with van der Waals surface area (Å²) < 4.78 is 7.56. The summed E-state index contributed by atoms with van der Waals surface area (Å²) in [5.41, 5.74) is 16.2. The van der Waals surface area contributed by atoms with Crippen molar-refractivity contribution in [1.29, 1.82) is 5.26 Å². The van der Waals surface area contributed by atoms with Crippen molar-refractivity contribution in [2.45, 2.75) is 52.4 Å². The maximum absolute atomic E-state index is 10.9. The van der Waals surface area contributed by atoms with Crippen molar-refractivity contribution in [1.82, 2.24) is 9.13 Å². The third-order valence-corrected chi connectivity index (χ3v) is 14.2.